The monoisotopic (exact) mass is 413 g/mol. The molecule has 2 heterocycles. The van der Waals surface area contributed by atoms with E-state index in [-0.39, 0.29) is 6.61 Å². The van der Waals surface area contributed by atoms with Crippen molar-refractivity contribution in [1.29, 1.82) is 0 Å². The molecule has 0 unspecified atom stereocenters. The van der Waals surface area contributed by atoms with E-state index in [2.05, 4.69) is 25.4 Å². The van der Waals surface area contributed by atoms with Gasteiger partial charge in [0.15, 0.2) is 5.82 Å². The number of aromatic amines is 1. The number of halogens is 1. The van der Waals surface area contributed by atoms with Gasteiger partial charge in [0.2, 0.25) is 16.9 Å². The number of H-pyrrole nitrogens is 1. The van der Waals surface area contributed by atoms with Crippen molar-refractivity contribution >= 4 is 23.4 Å². The summed E-state index contributed by atoms with van der Waals surface area (Å²) in [4.78, 5) is 4.39. The molecular weight excluding hydrogens is 398 g/mol. The fourth-order valence-corrected chi connectivity index (χ4v) is 3.18. The van der Waals surface area contributed by atoms with Crippen LogP contribution in [0.2, 0.25) is 5.02 Å². The standard InChI is InChI=1S/C19H16ClN5O2S/c20-14-6-8-15(9-7-14)26-11-16-21-19(25-22-16)28-12-18-24-23-17(27-18)10-13-4-2-1-3-5-13/h1-9H,10-12H2,(H,21,22,25). The Hall–Kier alpha value is -2.84. The lowest BCUT2D eigenvalue weighted by atomic mass is 10.2. The van der Waals surface area contributed by atoms with Crippen molar-refractivity contribution in [1.82, 2.24) is 25.4 Å². The Kier molecular flexibility index (Phi) is 5.89. The summed E-state index contributed by atoms with van der Waals surface area (Å²) >= 11 is 7.27. The first-order chi connectivity index (χ1) is 13.7. The van der Waals surface area contributed by atoms with Gasteiger partial charge in [0.1, 0.15) is 12.4 Å². The third-order valence-electron chi connectivity index (χ3n) is 3.73. The summed E-state index contributed by atoms with van der Waals surface area (Å²) in [5.41, 5.74) is 1.13. The van der Waals surface area contributed by atoms with Crippen molar-refractivity contribution in [3.63, 3.8) is 0 Å². The van der Waals surface area contributed by atoms with E-state index in [0.29, 0.717) is 45.7 Å². The van der Waals surface area contributed by atoms with Crippen LogP contribution in [-0.2, 0) is 18.8 Å². The predicted octanol–water partition coefficient (Wildman–Crippen LogP) is 4.30. The molecule has 2 aromatic heterocycles. The second-order valence-electron chi connectivity index (χ2n) is 5.85. The highest BCUT2D eigenvalue weighted by atomic mass is 35.5. The number of hydrogen-bond acceptors (Lipinski definition) is 7. The summed E-state index contributed by atoms with van der Waals surface area (Å²) in [7, 11) is 0. The molecule has 0 aliphatic heterocycles. The van der Waals surface area contributed by atoms with Crippen LogP contribution in [0.3, 0.4) is 0 Å². The molecule has 0 saturated carbocycles. The zero-order valence-electron chi connectivity index (χ0n) is 14.7. The fraction of sp³-hybridized carbons (Fsp3) is 0.158. The lowest BCUT2D eigenvalue weighted by molar-refractivity contribution is 0.296. The smallest absolute Gasteiger partial charge is 0.226 e. The van der Waals surface area contributed by atoms with Crippen molar-refractivity contribution < 1.29 is 9.15 Å². The molecule has 0 saturated heterocycles. The average Bonchev–Trinajstić information content (AvgIpc) is 3.36. The highest BCUT2D eigenvalue weighted by Crippen LogP contribution is 2.20. The molecule has 0 spiro atoms. The molecule has 0 atom stereocenters. The highest BCUT2D eigenvalue weighted by molar-refractivity contribution is 7.98. The van der Waals surface area contributed by atoms with Crippen LogP contribution in [0.5, 0.6) is 5.75 Å². The molecule has 0 amide bonds. The van der Waals surface area contributed by atoms with Gasteiger partial charge in [-0.05, 0) is 29.8 Å². The molecule has 0 aliphatic carbocycles. The van der Waals surface area contributed by atoms with Gasteiger partial charge in [-0.1, -0.05) is 53.7 Å². The van der Waals surface area contributed by atoms with E-state index in [1.807, 2.05) is 30.3 Å². The third-order valence-corrected chi connectivity index (χ3v) is 4.82. The van der Waals surface area contributed by atoms with Gasteiger partial charge in [0.25, 0.3) is 0 Å². The Balaban J connectivity index is 1.27. The Morgan fingerprint density at radius 3 is 2.61 bits per heavy atom. The minimum Gasteiger partial charge on any atom is -0.486 e. The molecule has 4 aromatic rings. The maximum absolute atomic E-state index is 5.86. The van der Waals surface area contributed by atoms with E-state index >= 15 is 0 Å². The van der Waals surface area contributed by atoms with Crippen LogP contribution in [0.25, 0.3) is 0 Å². The minimum absolute atomic E-state index is 0.289. The predicted molar refractivity (Wildman–Crippen MR) is 105 cm³/mol. The third kappa shape index (κ3) is 5.11. The molecule has 142 valence electrons. The SMILES string of the molecule is Clc1ccc(OCc2nc(SCc3nnc(Cc4ccccc4)o3)n[nH]2)cc1. The van der Waals surface area contributed by atoms with Crippen LogP contribution in [-0.4, -0.2) is 25.4 Å². The van der Waals surface area contributed by atoms with Crippen LogP contribution < -0.4 is 4.74 Å². The van der Waals surface area contributed by atoms with Gasteiger partial charge >= 0.3 is 0 Å². The second kappa shape index (κ2) is 8.90. The summed E-state index contributed by atoms with van der Waals surface area (Å²) in [5.74, 6) is 2.98. The molecule has 7 nitrogen and oxygen atoms in total. The van der Waals surface area contributed by atoms with Crippen molar-refractivity contribution in [2.75, 3.05) is 0 Å². The largest absolute Gasteiger partial charge is 0.486 e. The summed E-state index contributed by atoms with van der Waals surface area (Å²) in [6, 6.07) is 17.2. The van der Waals surface area contributed by atoms with Gasteiger partial charge in [0.05, 0.1) is 12.2 Å². The molecule has 2 aromatic carbocycles. The molecule has 0 bridgehead atoms. The lowest BCUT2D eigenvalue weighted by Crippen LogP contribution is -1.97. The number of nitrogens with one attached hydrogen (secondary N) is 1. The number of hydrogen-bond donors (Lipinski definition) is 1. The molecule has 28 heavy (non-hydrogen) atoms. The first-order valence-electron chi connectivity index (χ1n) is 8.52. The van der Waals surface area contributed by atoms with Gasteiger partial charge in [0, 0.05) is 5.02 Å². The first kappa shape index (κ1) is 18.5. The van der Waals surface area contributed by atoms with Crippen molar-refractivity contribution in [2.45, 2.75) is 23.9 Å². The molecule has 0 aliphatic rings. The Labute approximate surface area is 170 Å². The number of aromatic nitrogens is 5. The topological polar surface area (TPSA) is 89.7 Å². The van der Waals surface area contributed by atoms with Crippen LogP contribution in [0.1, 0.15) is 23.2 Å². The van der Waals surface area contributed by atoms with Gasteiger partial charge in [-0.2, -0.15) is 0 Å². The van der Waals surface area contributed by atoms with E-state index in [1.165, 1.54) is 11.8 Å². The average molecular weight is 414 g/mol. The van der Waals surface area contributed by atoms with Crippen molar-refractivity contribution in [3.8, 4) is 5.75 Å². The van der Waals surface area contributed by atoms with E-state index < -0.39 is 0 Å². The lowest BCUT2D eigenvalue weighted by Gasteiger charge is -2.02. The number of thioether (sulfide) groups is 1. The Bertz CT molecular complexity index is 1020. The highest BCUT2D eigenvalue weighted by Gasteiger charge is 2.10. The summed E-state index contributed by atoms with van der Waals surface area (Å²) in [5, 5.41) is 16.5. The quantitative estimate of drug-likeness (QED) is 0.430. The van der Waals surface area contributed by atoms with Gasteiger partial charge < -0.3 is 9.15 Å². The Morgan fingerprint density at radius 2 is 1.79 bits per heavy atom. The summed E-state index contributed by atoms with van der Waals surface area (Å²) < 4.78 is 11.3. The first-order valence-corrected chi connectivity index (χ1v) is 9.88. The molecule has 0 fully saturated rings. The van der Waals surface area contributed by atoms with Gasteiger partial charge in [-0.3, -0.25) is 5.10 Å². The summed E-state index contributed by atoms with van der Waals surface area (Å²) in [6.45, 7) is 0.289. The van der Waals surface area contributed by atoms with Gasteiger partial charge in [-0.15, -0.1) is 15.3 Å². The molecule has 0 radical (unpaired) electrons. The van der Waals surface area contributed by atoms with Crippen LogP contribution >= 0.6 is 23.4 Å². The van der Waals surface area contributed by atoms with E-state index in [9.17, 15) is 0 Å². The molecule has 9 heteroatoms. The van der Waals surface area contributed by atoms with E-state index in [1.54, 1.807) is 24.3 Å². The van der Waals surface area contributed by atoms with Crippen LogP contribution in [0, 0.1) is 0 Å². The van der Waals surface area contributed by atoms with Crippen molar-refractivity contribution in [3.05, 3.63) is 82.8 Å². The molecule has 4 rings (SSSR count). The molecular formula is C19H16ClN5O2S. The van der Waals surface area contributed by atoms with E-state index in [4.69, 9.17) is 20.8 Å². The number of nitrogens with zero attached hydrogens (tertiary/aromatic N) is 4. The van der Waals surface area contributed by atoms with Crippen molar-refractivity contribution in [2.24, 2.45) is 0 Å². The second-order valence-corrected chi connectivity index (χ2v) is 7.23. The maximum Gasteiger partial charge on any atom is 0.226 e. The number of benzene rings is 2. The zero-order valence-corrected chi connectivity index (χ0v) is 16.3. The Morgan fingerprint density at radius 1 is 1.00 bits per heavy atom. The normalized spacial score (nSPS) is 10.9. The van der Waals surface area contributed by atoms with E-state index in [0.717, 1.165) is 5.56 Å². The zero-order chi connectivity index (χ0) is 19.2. The minimum atomic E-state index is 0.289. The van der Waals surface area contributed by atoms with Crippen LogP contribution in [0.4, 0.5) is 0 Å². The summed E-state index contributed by atoms with van der Waals surface area (Å²) in [6.07, 6.45) is 0.616. The van der Waals surface area contributed by atoms with Crippen LogP contribution in [0.15, 0.2) is 64.2 Å². The fourth-order valence-electron chi connectivity index (χ4n) is 2.40. The maximum atomic E-state index is 5.86. The number of rotatable bonds is 8. The number of ether oxygens (including phenoxy) is 1. The van der Waals surface area contributed by atoms with Gasteiger partial charge in [-0.25, -0.2) is 4.98 Å². The molecule has 1 N–H and O–H groups in total.